The van der Waals surface area contributed by atoms with Gasteiger partial charge in [0.2, 0.25) is 0 Å². The van der Waals surface area contributed by atoms with Gasteiger partial charge in [0, 0.05) is 25.2 Å². The van der Waals surface area contributed by atoms with E-state index in [1.165, 1.54) is 0 Å². The third-order valence-corrected chi connectivity index (χ3v) is 5.04. The SMILES string of the molecule is CC(C)NCc1cc(CN2CCCS(=O)(=O)CC2)on1. The summed E-state index contributed by atoms with van der Waals surface area (Å²) in [5.74, 6) is 1.33. The first kappa shape index (κ1) is 15.5. The maximum absolute atomic E-state index is 11.6. The summed E-state index contributed by atoms with van der Waals surface area (Å²) in [4.78, 5) is 2.12. The van der Waals surface area contributed by atoms with Gasteiger partial charge < -0.3 is 9.84 Å². The van der Waals surface area contributed by atoms with Gasteiger partial charge in [-0.3, -0.25) is 4.90 Å². The number of hydrogen-bond acceptors (Lipinski definition) is 6. The molecule has 114 valence electrons. The van der Waals surface area contributed by atoms with Crippen molar-refractivity contribution >= 4 is 9.84 Å². The first-order valence-corrected chi connectivity index (χ1v) is 8.87. The Labute approximate surface area is 120 Å². The van der Waals surface area contributed by atoms with E-state index in [1.54, 1.807) is 0 Å². The van der Waals surface area contributed by atoms with Gasteiger partial charge in [-0.1, -0.05) is 19.0 Å². The van der Waals surface area contributed by atoms with Crippen molar-refractivity contribution < 1.29 is 12.9 Å². The highest BCUT2D eigenvalue weighted by molar-refractivity contribution is 7.91. The summed E-state index contributed by atoms with van der Waals surface area (Å²) in [6.07, 6.45) is 0.693. The molecule has 0 saturated carbocycles. The largest absolute Gasteiger partial charge is 0.360 e. The van der Waals surface area contributed by atoms with Gasteiger partial charge >= 0.3 is 0 Å². The summed E-state index contributed by atoms with van der Waals surface area (Å²) < 4.78 is 28.4. The molecule has 0 bridgehead atoms. The predicted octanol–water partition coefficient (Wildman–Crippen LogP) is 0.793. The van der Waals surface area contributed by atoms with E-state index in [2.05, 4.69) is 29.2 Å². The lowest BCUT2D eigenvalue weighted by Gasteiger charge is -2.16. The Morgan fingerprint density at radius 2 is 2.20 bits per heavy atom. The van der Waals surface area contributed by atoms with E-state index in [0.717, 1.165) is 18.0 Å². The molecule has 0 spiro atoms. The second-order valence-corrected chi connectivity index (χ2v) is 7.91. The molecule has 2 rings (SSSR count). The first-order valence-electron chi connectivity index (χ1n) is 7.05. The van der Waals surface area contributed by atoms with E-state index < -0.39 is 9.84 Å². The average molecular weight is 301 g/mol. The molecule has 0 radical (unpaired) electrons. The zero-order valence-corrected chi connectivity index (χ0v) is 12.9. The molecule has 0 amide bonds. The molecule has 1 aliphatic rings. The van der Waals surface area contributed by atoms with Crippen LogP contribution in [-0.4, -0.2) is 49.1 Å². The molecule has 6 nitrogen and oxygen atoms in total. The molecule has 1 fully saturated rings. The standard InChI is InChI=1S/C13H23N3O3S/c1-11(2)14-9-12-8-13(19-15-12)10-16-4-3-6-20(17,18)7-5-16/h8,11,14H,3-7,9-10H2,1-2H3. The maximum atomic E-state index is 11.6. The van der Waals surface area contributed by atoms with Crippen molar-refractivity contribution in [2.75, 3.05) is 24.6 Å². The number of nitrogens with zero attached hydrogens (tertiary/aromatic N) is 2. The van der Waals surface area contributed by atoms with E-state index in [4.69, 9.17) is 4.52 Å². The minimum absolute atomic E-state index is 0.239. The smallest absolute Gasteiger partial charge is 0.151 e. The summed E-state index contributed by atoms with van der Waals surface area (Å²) in [7, 11) is -2.86. The molecule has 1 aromatic heterocycles. The Morgan fingerprint density at radius 1 is 1.40 bits per heavy atom. The van der Waals surface area contributed by atoms with Gasteiger partial charge in [0.05, 0.1) is 23.7 Å². The van der Waals surface area contributed by atoms with Crippen LogP contribution in [0.25, 0.3) is 0 Å². The molecule has 1 aliphatic heterocycles. The van der Waals surface area contributed by atoms with Crippen LogP contribution in [0.5, 0.6) is 0 Å². The number of aromatic nitrogens is 1. The van der Waals surface area contributed by atoms with Crippen molar-refractivity contribution in [2.45, 2.75) is 39.4 Å². The zero-order chi connectivity index (χ0) is 14.6. The lowest BCUT2D eigenvalue weighted by molar-refractivity contribution is 0.245. The fourth-order valence-electron chi connectivity index (χ4n) is 2.19. The van der Waals surface area contributed by atoms with Gasteiger partial charge in [-0.05, 0) is 13.0 Å². The predicted molar refractivity (Wildman–Crippen MR) is 77.0 cm³/mol. The molecule has 0 unspecified atom stereocenters. The summed E-state index contributed by atoms with van der Waals surface area (Å²) in [5, 5.41) is 7.31. The molecule has 2 heterocycles. The van der Waals surface area contributed by atoms with E-state index >= 15 is 0 Å². The number of sulfone groups is 1. The Balaban J connectivity index is 1.87. The van der Waals surface area contributed by atoms with Crippen molar-refractivity contribution in [3.63, 3.8) is 0 Å². The van der Waals surface area contributed by atoms with Gasteiger partial charge in [-0.2, -0.15) is 0 Å². The Bertz CT molecular complexity index is 525. The average Bonchev–Trinajstić information content (AvgIpc) is 2.73. The van der Waals surface area contributed by atoms with Gasteiger partial charge in [0.15, 0.2) is 15.6 Å². The monoisotopic (exact) mass is 301 g/mol. The molecule has 1 N–H and O–H groups in total. The van der Waals surface area contributed by atoms with E-state index in [9.17, 15) is 8.42 Å². The van der Waals surface area contributed by atoms with Crippen molar-refractivity contribution in [3.8, 4) is 0 Å². The molecule has 1 saturated heterocycles. The van der Waals surface area contributed by atoms with Crippen LogP contribution >= 0.6 is 0 Å². The minimum atomic E-state index is -2.86. The zero-order valence-electron chi connectivity index (χ0n) is 12.1. The van der Waals surface area contributed by atoms with Crippen molar-refractivity contribution in [1.29, 1.82) is 0 Å². The van der Waals surface area contributed by atoms with Crippen LogP contribution in [0.15, 0.2) is 10.6 Å². The van der Waals surface area contributed by atoms with E-state index in [-0.39, 0.29) is 5.75 Å². The summed E-state index contributed by atoms with van der Waals surface area (Å²) in [6.45, 7) is 6.85. The molecule has 0 aliphatic carbocycles. The lowest BCUT2D eigenvalue weighted by atomic mass is 10.3. The number of rotatable bonds is 5. The highest BCUT2D eigenvalue weighted by Gasteiger charge is 2.20. The third-order valence-electron chi connectivity index (χ3n) is 3.33. The third kappa shape index (κ3) is 4.88. The summed E-state index contributed by atoms with van der Waals surface area (Å²) in [5.41, 5.74) is 0.885. The van der Waals surface area contributed by atoms with Crippen LogP contribution in [-0.2, 0) is 22.9 Å². The van der Waals surface area contributed by atoms with Gasteiger partial charge in [0.1, 0.15) is 0 Å². The second kappa shape index (κ2) is 6.69. The van der Waals surface area contributed by atoms with Gasteiger partial charge in [-0.25, -0.2) is 8.42 Å². The normalized spacial score (nSPS) is 20.1. The molecule has 0 atom stereocenters. The Kier molecular flexibility index (Phi) is 5.17. The van der Waals surface area contributed by atoms with Gasteiger partial charge in [-0.15, -0.1) is 0 Å². The van der Waals surface area contributed by atoms with Crippen molar-refractivity contribution in [3.05, 3.63) is 17.5 Å². The van der Waals surface area contributed by atoms with Crippen LogP contribution in [0.2, 0.25) is 0 Å². The van der Waals surface area contributed by atoms with Gasteiger partial charge in [0.25, 0.3) is 0 Å². The quantitative estimate of drug-likeness (QED) is 0.867. The van der Waals surface area contributed by atoms with E-state index in [1.807, 2.05) is 6.07 Å². The van der Waals surface area contributed by atoms with Crippen LogP contribution in [0.4, 0.5) is 0 Å². The lowest BCUT2D eigenvalue weighted by Crippen LogP contribution is -2.26. The summed E-state index contributed by atoms with van der Waals surface area (Å²) >= 11 is 0. The molecule has 20 heavy (non-hydrogen) atoms. The molecule has 7 heteroatoms. The van der Waals surface area contributed by atoms with E-state index in [0.29, 0.717) is 37.8 Å². The van der Waals surface area contributed by atoms with Crippen LogP contribution < -0.4 is 5.32 Å². The highest BCUT2D eigenvalue weighted by Crippen LogP contribution is 2.11. The van der Waals surface area contributed by atoms with Crippen LogP contribution in [0, 0.1) is 0 Å². The molecular weight excluding hydrogens is 278 g/mol. The van der Waals surface area contributed by atoms with Crippen LogP contribution in [0.1, 0.15) is 31.7 Å². The topological polar surface area (TPSA) is 75.4 Å². The summed E-state index contributed by atoms with van der Waals surface area (Å²) in [6, 6.07) is 2.35. The molecule has 1 aromatic rings. The number of hydrogen-bond donors (Lipinski definition) is 1. The maximum Gasteiger partial charge on any atom is 0.151 e. The Morgan fingerprint density at radius 3 is 2.95 bits per heavy atom. The first-order chi connectivity index (χ1) is 9.44. The Hall–Kier alpha value is -0.920. The second-order valence-electron chi connectivity index (χ2n) is 5.60. The molecular formula is C13H23N3O3S. The number of nitrogens with one attached hydrogen (secondary N) is 1. The highest BCUT2D eigenvalue weighted by atomic mass is 32.2. The minimum Gasteiger partial charge on any atom is -0.360 e. The van der Waals surface area contributed by atoms with Crippen molar-refractivity contribution in [1.82, 2.24) is 15.4 Å². The fraction of sp³-hybridized carbons (Fsp3) is 0.769. The fourth-order valence-corrected chi connectivity index (χ4v) is 3.50. The molecule has 0 aromatic carbocycles. The van der Waals surface area contributed by atoms with Crippen LogP contribution in [0.3, 0.4) is 0 Å². The van der Waals surface area contributed by atoms with Crippen molar-refractivity contribution in [2.24, 2.45) is 0 Å².